The van der Waals surface area contributed by atoms with Crippen molar-refractivity contribution in [3.05, 3.63) is 175 Å². The van der Waals surface area contributed by atoms with Crippen LogP contribution in [-0.4, -0.2) is 20.7 Å². The van der Waals surface area contributed by atoms with Gasteiger partial charge in [-0.1, -0.05) is 128 Å². The van der Waals surface area contributed by atoms with Crippen molar-refractivity contribution in [2.45, 2.75) is 26.2 Å². The number of hydrogen-bond donors (Lipinski definition) is 1. The third-order valence-electron chi connectivity index (χ3n) is 8.46. The Labute approximate surface area is 276 Å². The highest BCUT2D eigenvalue weighted by atomic mass is 14.9. The highest BCUT2D eigenvalue weighted by molar-refractivity contribution is 6.07. The third-order valence-corrected chi connectivity index (χ3v) is 8.46. The summed E-state index contributed by atoms with van der Waals surface area (Å²) in [7, 11) is 0. The second kappa shape index (κ2) is 13.7. The van der Waals surface area contributed by atoms with Gasteiger partial charge in [-0.3, -0.25) is 4.98 Å². The van der Waals surface area contributed by atoms with Crippen LogP contribution in [0.1, 0.15) is 36.8 Å². The average Bonchev–Trinajstić information content (AvgIpc) is 3.11. The van der Waals surface area contributed by atoms with Gasteiger partial charge in [-0.2, -0.15) is 0 Å². The summed E-state index contributed by atoms with van der Waals surface area (Å²) in [6.07, 6.45) is 23.0. The van der Waals surface area contributed by atoms with Crippen molar-refractivity contribution in [2.75, 3.05) is 0 Å². The maximum atomic E-state index is 8.54. The van der Waals surface area contributed by atoms with Crippen LogP contribution in [0.5, 0.6) is 0 Å². The first-order chi connectivity index (χ1) is 23.1. The minimum atomic E-state index is 0.364. The van der Waals surface area contributed by atoms with Gasteiger partial charge in [-0.25, -0.2) is 9.97 Å². The Balaban J connectivity index is 1.29. The van der Waals surface area contributed by atoms with Crippen LogP contribution in [0.2, 0.25) is 0 Å². The molecule has 5 aromatic rings. The normalized spacial score (nSPS) is 19.6. The van der Waals surface area contributed by atoms with E-state index in [1.165, 1.54) is 16.7 Å². The standard InChI is InChI=1S/C43H36N4/c1-30-22-31(24-32-26-36-14-10-11-17-40(36)45-29-32)25-38(23-30)42-28-41(35-20-18-34(19-21-35)33-12-7-5-8-13-33)46-43(47-42)37-15-6-3-2-4-9-16-39(44)27-37/h2,4-21,23,25-30,44H,3,22,24H2,1H3/b4-2-,15-6-,16-9-,37-27+,44-39?. The maximum absolute atomic E-state index is 8.54. The van der Waals surface area contributed by atoms with Gasteiger partial charge in [0.25, 0.3) is 0 Å². The summed E-state index contributed by atoms with van der Waals surface area (Å²) in [5, 5.41) is 9.71. The largest absolute Gasteiger partial charge is 0.301 e. The summed E-state index contributed by atoms with van der Waals surface area (Å²) >= 11 is 0. The van der Waals surface area contributed by atoms with E-state index in [-0.39, 0.29) is 0 Å². The van der Waals surface area contributed by atoms with Crippen LogP contribution in [0.25, 0.3) is 44.4 Å². The van der Waals surface area contributed by atoms with Crippen LogP contribution in [0.4, 0.5) is 0 Å². The molecule has 2 aromatic heterocycles. The lowest BCUT2D eigenvalue weighted by molar-refractivity contribution is 0.696. The van der Waals surface area contributed by atoms with Gasteiger partial charge in [-0.15, -0.1) is 0 Å². The first-order valence-corrected chi connectivity index (χ1v) is 16.2. The van der Waals surface area contributed by atoms with Crippen molar-refractivity contribution >= 4 is 27.8 Å². The molecule has 4 nitrogen and oxygen atoms in total. The highest BCUT2D eigenvalue weighted by Gasteiger charge is 2.18. The van der Waals surface area contributed by atoms with Crippen molar-refractivity contribution in [1.29, 1.82) is 5.41 Å². The van der Waals surface area contributed by atoms with Gasteiger partial charge in [0.05, 0.1) is 22.6 Å². The third kappa shape index (κ3) is 7.23. The van der Waals surface area contributed by atoms with Crippen molar-refractivity contribution in [2.24, 2.45) is 5.92 Å². The molecule has 0 amide bonds. The van der Waals surface area contributed by atoms with E-state index in [2.05, 4.69) is 110 Å². The quantitative estimate of drug-likeness (QED) is 0.209. The molecule has 4 heteroatoms. The van der Waals surface area contributed by atoms with Crippen molar-refractivity contribution < 1.29 is 0 Å². The van der Waals surface area contributed by atoms with Gasteiger partial charge < -0.3 is 5.41 Å². The van der Waals surface area contributed by atoms with Gasteiger partial charge in [0, 0.05) is 22.7 Å². The molecule has 0 bridgehead atoms. The number of benzene rings is 3. The van der Waals surface area contributed by atoms with Gasteiger partial charge in [-0.05, 0) is 77.8 Å². The fourth-order valence-electron chi connectivity index (χ4n) is 6.19. The average molecular weight is 609 g/mol. The summed E-state index contributed by atoms with van der Waals surface area (Å²) in [6.45, 7) is 2.27. The molecule has 1 atom stereocenters. The van der Waals surface area contributed by atoms with Gasteiger partial charge in [0.15, 0.2) is 5.82 Å². The number of nitrogens with zero attached hydrogens (tertiary/aromatic N) is 3. The van der Waals surface area contributed by atoms with Gasteiger partial charge >= 0.3 is 0 Å². The number of rotatable bonds is 6. The molecule has 1 unspecified atom stereocenters. The number of allylic oxidation sites excluding steroid dienone is 12. The Morgan fingerprint density at radius 2 is 1.49 bits per heavy atom. The van der Waals surface area contributed by atoms with E-state index in [0.717, 1.165) is 63.8 Å². The number of nitrogens with one attached hydrogen (secondary N) is 1. The molecule has 47 heavy (non-hydrogen) atoms. The topological polar surface area (TPSA) is 62.5 Å². The number of aromatic nitrogens is 3. The number of para-hydroxylation sites is 1. The van der Waals surface area contributed by atoms with E-state index < -0.39 is 0 Å². The Hall–Kier alpha value is -5.74. The molecule has 0 spiro atoms. The minimum Gasteiger partial charge on any atom is -0.301 e. The lowest BCUT2D eigenvalue weighted by atomic mass is 9.87. The lowest BCUT2D eigenvalue weighted by Crippen LogP contribution is -2.07. The zero-order chi connectivity index (χ0) is 32.0. The van der Waals surface area contributed by atoms with Gasteiger partial charge in [0.2, 0.25) is 0 Å². The Morgan fingerprint density at radius 3 is 2.36 bits per heavy atom. The maximum Gasteiger partial charge on any atom is 0.160 e. The molecule has 228 valence electrons. The zero-order valence-electron chi connectivity index (χ0n) is 26.5. The summed E-state index contributed by atoms with van der Waals surface area (Å²) in [5.74, 6) is 0.972. The van der Waals surface area contributed by atoms with Crippen LogP contribution in [0.3, 0.4) is 0 Å². The van der Waals surface area contributed by atoms with Crippen LogP contribution in [0.15, 0.2) is 157 Å². The first kappa shape index (κ1) is 29.9. The minimum absolute atomic E-state index is 0.364. The second-order valence-corrected chi connectivity index (χ2v) is 12.2. The Bertz CT molecular complexity index is 2130. The molecule has 0 saturated heterocycles. The molecule has 7 rings (SSSR count). The van der Waals surface area contributed by atoms with Crippen molar-refractivity contribution in [1.82, 2.24) is 15.0 Å². The van der Waals surface area contributed by atoms with E-state index in [0.29, 0.717) is 17.5 Å². The predicted molar refractivity (Wildman–Crippen MR) is 196 cm³/mol. The van der Waals surface area contributed by atoms with E-state index in [1.807, 2.05) is 42.6 Å². The molecule has 0 fully saturated rings. The van der Waals surface area contributed by atoms with Crippen LogP contribution < -0.4 is 0 Å². The molecule has 1 N–H and O–H groups in total. The SMILES string of the molecule is CC1C=C(c2cc(-c3ccc(-c4ccccc4)cc3)nc(C3=C/C(=N)/C=C\C=C/C/C=C\3)n2)C=C(Cc2cnc3ccccc3c2)C1. The van der Waals surface area contributed by atoms with Crippen LogP contribution in [0, 0.1) is 11.3 Å². The molecule has 0 saturated carbocycles. The molecule has 3 aromatic carbocycles. The van der Waals surface area contributed by atoms with Crippen molar-refractivity contribution in [3.63, 3.8) is 0 Å². The first-order valence-electron chi connectivity index (χ1n) is 16.2. The van der Waals surface area contributed by atoms with E-state index in [9.17, 15) is 0 Å². The van der Waals surface area contributed by atoms with E-state index in [4.69, 9.17) is 20.4 Å². The summed E-state index contributed by atoms with van der Waals surface area (Å²) in [4.78, 5) is 15.0. The van der Waals surface area contributed by atoms with E-state index in [1.54, 1.807) is 6.08 Å². The molecule has 0 aliphatic heterocycles. The van der Waals surface area contributed by atoms with Crippen LogP contribution in [-0.2, 0) is 6.42 Å². The summed E-state index contributed by atoms with van der Waals surface area (Å²) < 4.78 is 0. The number of fused-ring (bicyclic) bond motifs is 1. The molecule has 2 aliphatic rings. The predicted octanol–water partition coefficient (Wildman–Crippen LogP) is 10.4. The number of hydrogen-bond acceptors (Lipinski definition) is 4. The summed E-state index contributed by atoms with van der Waals surface area (Å²) in [5.41, 5.74) is 11.0. The molecule has 0 radical (unpaired) electrons. The molecular formula is C43H36N4. The van der Waals surface area contributed by atoms with E-state index >= 15 is 0 Å². The molecular weight excluding hydrogens is 573 g/mol. The fourth-order valence-corrected chi connectivity index (χ4v) is 6.19. The Kier molecular flexibility index (Phi) is 8.74. The van der Waals surface area contributed by atoms with Crippen LogP contribution >= 0.6 is 0 Å². The molecule has 2 aliphatic carbocycles. The highest BCUT2D eigenvalue weighted by Crippen LogP contribution is 2.33. The molecule has 2 heterocycles. The summed E-state index contributed by atoms with van der Waals surface area (Å²) in [6, 6.07) is 31.6. The zero-order valence-corrected chi connectivity index (χ0v) is 26.5. The second-order valence-electron chi connectivity index (χ2n) is 12.2. The smallest absolute Gasteiger partial charge is 0.160 e. The van der Waals surface area contributed by atoms with Gasteiger partial charge in [0.1, 0.15) is 0 Å². The lowest BCUT2D eigenvalue weighted by Gasteiger charge is -2.20. The fraction of sp³-hybridized carbons (Fsp3) is 0.116. The number of pyridine rings is 1. The Morgan fingerprint density at radius 1 is 0.723 bits per heavy atom. The van der Waals surface area contributed by atoms with Crippen molar-refractivity contribution in [3.8, 4) is 22.4 Å². The monoisotopic (exact) mass is 608 g/mol.